The van der Waals surface area contributed by atoms with Gasteiger partial charge in [-0.2, -0.15) is 0 Å². The summed E-state index contributed by atoms with van der Waals surface area (Å²) in [5, 5.41) is 11.6. The fraction of sp³-hybridized carbons (Fsp3) is 0.727. The van der Waals surface area contributed by atoms with Crippen LogP contribution in [0.15, 0.2) is 5.16 Å². The Morgan fingerprint density at radius 3 is 2.74 bits per heavy atom. The van der Waals surface area contributed by atoms with Crippen molar-refractivity contribution < 1.29 is 19.5 Å². The van der Waals surface area contributed by atoms with Crippen LogP contribution in [-0.4, -0.2) is 53.6 Å². The molecule has 0 aliphatic carbocycles. The lowest BCUT2D eigenvalue weighted by atomic mass is 9.99. The molecule has 8 heteroatoms. The number of nitrogens with two attached hydrogens (primary N) is 2. The van der Waals surface area contributed by atoms with Crippen molar-refractivity contribution in [2.45, 2.75) is 25.8 Å². The molecule has 0 bridgehead atoms. The second-order valence-corrected chi connectivity index (χ2v) is 4.39. The molecule has 0 radical (unpaired) electrons. The number of oxime groups is 1. The number of rotatable bonds is 5. The predicted octanol–water partition coefficient (Wildman–Crippen LogP) is -1.14. The van der Waals surface area contributed by atoms with E-state index in [0.717, 1.165) is 0 Å². The van der Waals surface area contributed by atoms with Crippen LogP contribution in [0.1, 0.15) is 19.8 Å². The van der Waals surface area contributed by atoms with E-state index >= 15 is 0 Å². The zero-order chi connectivity index (χ0) is 14.4. The van der Waals surface area contributed by atoms with E-state index in [1.807, 2.05) is 6.92 Å². The summed E-state index contributed by atoms with van der Waals surface area (Å²) in [6.45, 7) is 2.57. The van der Waals surface area contributed by atoms with Crippen molar-refractivity contribution in [3.8, 4) is 0 Å². The van der Waals surface area contributed by atoms with Gasteiger partial charge in [-0.25, -0.2) is 0 Å². The molecule has 2 amide bonds. The highest BCUT2D eigenvalue weighted by Crippen LogP contribution is 2.16. The minimum atomic E-state index is -0.799. The molecule has 1 saturated heterocycles. The molecule has 0 saturated carbocycles. The van der Waals surface area contributed by atoms with Crippen LogP contribution in [0, 0.1) is 5.92 Å². The zero-order valence-electron chi connectivity index (χ0n) is 10.9. The van der Waals surface area contributed by atoms with Gasteiger partial charge in [0.25, 0.3) is 0 Å². The van der Waals surface area contributed by atoms with E-state index in [9.17, 15) is 9.59 Å². The van der Waals surface area contributed by atoms with Crippen molar-refractivity contribution in [3.05, 3.63) is 0 Å². The third-order valence-corrected chi connectivity index (χ3v) is 3.09. The smallest absolute Gasteiger partial charge is 0.242 e. The van der Waals surface area contributed by atoms with E-state index in [4.69, 9.17) is 21.4 Å². The molecule has 0 aromatic heterocycles. The summed E-state index contributed by atoms with van der Waals surface area (Å²) in [6, 6.07) is -0.799. The first-order valence-electron chi connectivity index (χ1n) is 6.17. The summed E-state index contributed by atoms with van der Waals surface area (Å²) < 4.78 is 5.14. The molecule has 5 N–H and O–H groups in total. The highest BCUT2D eigenvalue weighted by molar-refractivity contribution is 6.03. The van der Waals surface area contributed by atoms with Crippen LogP contribution >= 0.6 is 0 Å². The number of amides is 2. The van der Waals surface area contributed by atoms with Gasteiger partial charge in [-0.15, -0.1) is 0 Å². The minimum Gasteiger partial charge on any atom is -0.409 e. The molecule has 1 aliphatic heterocycles. The summed E-state index contributed by atoms with van der Waals surface area (Å²) in [4.78, 5) is 25.1. The van der Waals surface area contributed by atoms with Crippen LogP contribution in [0.4, 0.5) is 0 Å². The first-order valence-corrected chi connectivity index (χ1v) is 6.17. The van der Waals surface area contributed by atoms with Crippen LogP contribution < -0.4 is 11.5 Å². The van der Waals surface area contributed by atoms with Crippen LogP contribution in [0.2, 0.25) is 0 Å². The number of carbonyl (C=O) groups excluding carboxylic acids is 2. The van der Waals surface area contributed by atoms with Crippen molar-refractivity contribution in [1.82, 2.24) is 4.90 Å². The molecule has 8 nitrogen and oxygen atoms in total. The van der Waals surface area contributed by atoms with Crippen LogP contribution in [0.5, 0.6) is 0 Å². The molecule has 19 heavy (non-hydrogen) atoms. The predicted molar refractivity (Wildman–Crippen MR) is 67.3 cm³/mol. The van der Waals surface area contributed by atoms with Gasteiger partial charge in [0, 0.05) is 6.54 Å². The molecular weight excluding hydrogens is 252 g/mol. The normalized spacial score (nSPS) is 22.1. The Balaban J connectivity index is 2.90. The molecule has 1 aliphatic rings. The van der Waals surface area contributed by atoms with Crippen molar-refractivity contribution in [3.63, 3.8) is 0 Å². The third-order valence-electron chi connectivity index (χ3n) is 3.09. The average Bonchev–Trinajstić information content (AvgIpc) is 2.43. The maximum atomic E-state index is 12.4. The van der Waals surface area contributed by atoms with Gasteiger partial charge < -0.3 is 26.3 Å². The molecule has 108 valence electrons. The Morgan fingerprint density at radius 2 is 2.21 bits per heavy atom. The molecule has 0 aromatic carbocycles. The molecular formula is C11H20N4O4. The van der Waals surface area contributed by atoms with Gasteiger partial charge in [0.1, 0.15) is 6.04 Å². The monoisotopic (exact) mass is 272 g/mol. The van der Waals surface area contributed by atoms with E-state index in [1.54, 1.807) is 0 Å². The third kappa shape index (κ3) is 3.57. The fourth-order valence-electron chi connectivity index (χ4n) is 2.06. The highest BCUT2D eigenvalue weighted by atomic mass is 16.5. The van der Waals surface area contributed by atoms with Gasteiger partial charge in [0.15, 0.2) is 5.84 Å². The summed E-state index contributed by atoms with van der Waals surface area (Å²) in [5.74, 6) is -1.87. The lowest BCUT2D eigenvalue weighted by Gasteiger charge is -2.35. The van der Waals surface area contributed by atoms with E-state index in [1.165, 1.54) is 4.90 Å². The molecule has 1 fully saturated rings. The first kappa shape index (κ1) is 15.2. The number of primary amides is 1. The topological polar surface area (TPSA) is 131 Å². The number of carbonyl (C=O) groups is 2. The SMILES string of the molecule is CCCC(C(=O)N1CCOCC1C(N)=O)C(N)=NO. The maximum absolute atomic E-state index is 12.4. The summed E-state index contributed by atoms with van der Waals surface area (Å²) in [5.41, 5.74) is 10.8. The van der Waals surface area contributed by atoms with E-state index in [-0.39, 0.29) is 24.9 Å². The molecule has 1 rings (SSSR count). The van der Waals surface area contributed by atoms with Gasteiger partial charge in [-0.05, 0) is 6.42 Å². The number of hydrogen-bond donors (Lipinski definition) is 3. The van der Waals surface area contributed by atoms with Crippen molar-refractivity contribution in [2.24, 2.45) is 22.5 Å². The van der Waals surface area contributed by atoms with Gasteiger partial charge in [-0.1, -0.05) is 18.5 Å². The largest absolute Gasteiger partial charge is 0.409 e. The fourth-order valence-corrected chi connectivity index (χ4v) is 2.06. The Kier molecular flexibility index (Phi) is 5.56. The van der Waals surface area contributed by atoms with Gasteiger partial charge in [0.05, 0.1) is 19.1 Å². The highest BCUT2D eigenvalue weighted by Gasteiger charge is 2.36. The van der Waals surface area contributed by atoms with E-state index in [2.05, 4.69) is 5.16 Å². The van der Waals surface area contributed by atoms with E-state index < -0.39 is 17.9 Å². The summed E-state index contributed by atoms with van der Waals surface area (Å²) in [6.07, 6.45) is 1.13. The average molecular weight is 272 g/mol. The number of nitrogens with zero attached hydrogens (tertiary/aromatic N) is 2. The summed E-state index contributed by atoms with van der Waals surface area (Å²) >= 11 is 0. The standard InChI is InChI=1S/C11H20N4O4/c1-2-3-7(9(12)14-18)11(17)15-4-5-19-6-8(15)10(13)16/h7-8,18H,2-6H2,1H3,(H2,12,14)(H2,13,16). The number of ether oxygens (including phenoxy) is 1. The van der Waals surface area contributed by atoms with Crippen LogP contribution in [-0.2, 0) is 14.3 Å². The second kappa shape index (κ2) is 6.93. The Hall–Kier alpha value is -1.83. The second-order valence-electron chi connectivity index (χ2n) is 4.39. The van der Waals surface area contributed by atoms with Gasteiger partial charge in [0.2, 0.25) is 11.8 Å². The van der Waals surface area contributed by atoms with Crippen LogP contribution in [0.3, 0.4) is 0 Å². The molecule has 1 heterocycles. The number of morpholine rings is 1. The Labute approximate surface area is 111 Å². The van der Waals surface area contributed by atoms with Crippen molar-refractivity contribution in [1.29, 1.82) is 0 Å². The van der Waals surface area contributed by atoms with Gasteiger partial charge in [-0.3, -0.25) is 9.59 Å². The maximum Gasteiger partial charge on any atom is 0.242 e. The number of hydrogen-bond acceptors (Lipinski definition) is 5. The Morgan fingerprint density at radius 1 is 1.53 bits per heavy atom. The Bertz CT molecular complexity index is 372. The quantitative estimate of drug-likeness (QED) is 0.252. The molecule has 2 atom stereocenters. The number of amidine groups is 1. The summed E-state index contributed by atoms with van der Waals surface area (Å²) in [7, 11) is 0. The van der Waals surface area contributed by atoms with E-state index in [0.29, 0.717) is 19.4 Å². The minimum absolute atomic E-state index is 0.0795. The molecule has 2 unspecified atom stereocenters. The van der Waals surface area contributed by atoms with Crippen molar-refractivity contribution in [2.75, 3.05) is 19.8 Å². The van der Waals surface area contributed by atoms with Gasteiger partial charge >= 0.3 is 0 Å². The lowest BCUT2D eigenvalue weighted by molar-refractivity contribution is -0.149. The van der Waals surface area contributed by atoms with Crippen LogP contribution in [0.25, 0.3) is 0 Å². The first-order chi connectivity index (χ1) is 9.02. The zero-order valence-corrected chi connectivity index (χ0v) is 10.9. The lowest BCUT2D eigenvalue weighted by Crippen LogP contribution is -2.57. The molecule has 0 spiro atoms. The van der Waals surface area contributed by atoms with Crippen molar-refractivity contribution >= 4 is 17.6 Å². The molecule has 0 aromatic rings.